The molecule has 2 aliphatic heterocycles. The second-order valence-electron chi connectivity index (χ2n) is 6.76. The van der Waals surface area contributed by atoms with E-state index in [0.717, 1.165) is 17.9 Å². The highest BCUT2D eigenvalue weighted by molar-refractivity contribution is 5.69. The summed E-state index contributed by atoms with van der Waals surface area (Å²) in [6, 6.07) is 0.737. The lowest BCUT2D eigenvalue weighted by Crippen LogP contribution is -2.59. The SMILES string of the molecule is C[C@@]12C=N[C@@H]3[C@@H](CCC[C@@]34CCC[C@H]41)C2. The average molecular weight is 203 g/mol. The summed E-state index contributed by atoms with van der Waals surface area (Å²) in [5, 5.41) is 0. The molecular formula is C14H21N. The molecule has 5 atom stereocenters. The minimum absolute atomic E-state index is 0.482. The van der Waals surface area contributed by atoms with Gasteiger partial charge in [0.05, 0.1) is 6.04 Å². The van der Waals surface area contributed by atoms with Crippen LogP contribution in [0.4, 0.5) is 0 Å². The van der Waals surface area contributed by atoms with Gasteiger partial charge in [-0.2, -0.15) is 0 Å². The Bertz CT molecular complexity index is 334. The van der Waals surface area contributed by atoms with Crippen molar-refractivity contribution >= 4 is 6.21 Å². The first-order chi connectivity index (χ1) is 7.25. The van der Waals surface area contributed by atoms with Crippen LogP contribution < -0.4 is 0 Å². The quantitative estimate of drug-likeness (QED) is 0.572. The zero-order chi connectivity index (χ0) is 10.1. The van der Waals surface area contributed by atoms with Gasteiger partial charge in [-0.15, -0.1) is 0 Å². The molecule has 4 bridgehead atoms. The smallest absolute Gasteiger partial charge is 0.0583 e. The van der Waals surface area contributed by atoms with E-state index >= 15 is 0 Å². The Labute approximate surface area is 92.4 Å². The van der Waals surface area contributed by atoms with Crippen molar-refractivity contribution in [1.29, 1.82) is 0 Å². The predicted molar refractivity (Wildman–Crippen MR) is 62.1 cm³/mol. The van der Waals surface area contributed by atoms with E-state index in [1.54, 1.807) is 0 Å². The molecule has 0 aromatic rings. The molecule has 1 nitrogen and oxygen atoms in total. The third kappa shape index (κ3) is 0.855. The van der Waals surface area contributed by atoms with Gasteiger partial charge in [0.2, 0.25) is 0 Å². The second kappa shape index (κ2) is 2.49. The highest BCUT2D eigenvalue weighted by Crippen LogP contribution is 2.67. The van der Waals surface area contributed by atoms with Crippen LogP contribution in [0.25, 0.3) is 0 Å². The third-order valence-corrected chi connectivity index (χ3v) is 6.11. The fraction of sp³-hybridized carbons (Fsp3) is 0.929. The van der Waals surface area contributed by atoms with Gasteiger partial charge in [0.1, 0.15) is 0 Å². The minimum Gasteiger partial charge on any atom is -0.293 e. The Morgan fingerprint density at radius 1 is 1.20 bits per heavy atom. The van der Waals surface area contributed by atoms with Gasteiger partial charge in [-0.05, 0) is 49.4 Å². The van der Waals surface area contributed by atoms with Crippen molar-refractivity contribution < 1.29 is 0 Å². The van der Waals surface area contributed by atoms with Gasteiger partial charge in [-0.3, -0.25) is 4.99 Å². The summed E-state index contributed by atoms with van der Waals surface area (Å²) >= 11 is 0. The molecule has 3 aliphatic carbocycles. The summed E-state index contributed by atoms with van der Waals surface area (Å²) in [5.74, 6) is 1.94. The Kier molecular flexibility index (Phi) is 1.46. The van der Waals surface area contributed by atoms with Crippen molar-refractivity contribution in [3.05, 3.63) is 0 Å². The van der Waals surface area contributed by atoms with E-state index < -0.39 is 0 Å². The minimum atomic E-state index is 0.482. The number of hydrogen-bond donors (Lipinski definition) is 0. The number of rotatable bonds is 0. The molecule has 0 radical (unpaired) electrons. The molecule has 0 unspecified atom stereocenters. The molecule has 82 valence electrons. The molecule has 0 saturated heterocycles. The largest absolute Gasteiger partial charge is 0.293 e. The molecule has 15 heavy (non-hydrogen) atoms. The van der Waals surface area contributed by atoms with Gasteiger partial charge < -0.3 is 0 Å². The summed E-state index contributed by atoms with van der Waals surface area (Å²) in [7, 11) is 0. The lowest BCUT2D eigenvalue weighted by Gasteiger charge is -2.61. The van der Waals surface area contributed by atoms with E-state index in [1.165, 1.54) is 44.9 Å². The zero-order valence-electron chi connectivity index (χ0n) is 9.71. The van der Waals surface area contributed by atoms with Crippen molar-refractivity contribution in [2.24, 2.45) is 27.7 Å². The van der Waals surface area contributed by atoms with Crippen molar-refractivity contribution in [2.75, 3.05) is 0 Å². The summed E-state index contributed by atoms with van der Waals surface area (Å²) < 4.78 is 0. The number of aliphatic imine (C=N–C) groups is 1. The molecular weight excluding hydrogens is 182 g/mol. The molecule has 5 rings (SSSR count). The topological polar surface area (TPSA) is 12.4 Å². The third-order valence-electron chi connectivity index (χ3n) is 6.11. The molecule has 5 aliphatic rings. The molecule has 2 heterocycles. The van der Waals surface area contributed by atoms with Crippen LogP contribution in [0.15, 0.2) is 4.99 Å². The zero-order valence-corrected chi connectivity index (χ0v) is 9.71. The van der Waals surface area contributed by atoms with Crippen molar-refractivity contribution in [1.82, 2.24) is 0 Å². The van der Waals surface area contributed by atoms with Crippen molar-refractivity contribution in [3.8, 4) is 0 Å². The molecule has 1 heteroatoms. The van der Waals surface area contributed by atoms with E-state index in [0.29, 0.717) is 10.8 Å². The maximum Gasteiger partial charge on any atom is 0.0583 e. The Morgan fingerprint density at radius 2 is 2.00 bits per heavy atom. The molecule has 0 N–H and O–H groups in total. The molecule has 0 aromatic heterocycles. The van der Waals surface area contributed by atoms with Crippen LogP contribution in [-0.2, 0) is 0 Å². The molecule has 0 aromatic carbocycles. The highest BCUT2D eigenvalue weighted by Gasteiger charge is 2.63. The lowest BCUT2D eigenvalue weighted by atomic mass is 9.46. The first kappa shape index (κ1) is 8.78. The molecule has 0 amide bonds. The van der Waals surface area contributed by atoms with E-state index in [-0.39, 0.29) is 0 Å². The Morgan fingerprint density at radius 3 is 2.87 bits per heavy atom. The van der Waals surface area contributed by atoms with Crippen LogP contribution in [-0.4, -0.2) is 12.3 Å². The average Bonchev–Trinajstić information content (AvgIpc) is 2.63. The van der Waals surface area contributed by atoms with Crippen LogP contribution in [0.2, 0.25) is 0 Å². The maximum absolute atomic E-state index is 4.96. The normalized spacial score (nSPS) is 60.7. The number of nitrogens with zero attached hydrogens (tertiary/aromatic N) is 1. The second-order valence-corrected chi connectivity index (χ2v) is 6.76. The monoisotopic (exact) mass is 203 g/mol. The van der Waals surface area contributed by atoms with Crippen molar-refractivity contribution in [2.45, 2.75) is 57.9 Å². The van der Waals surface area contributed by atoms with Crippen LogP contribution in [0.1, 0.15) is 51.9 Å². The fourth-order valence-electron chi connectivity index (χ4n) is 5.79. The lowest BCUT2D eigenvalue weighted by molar-refractivity contribution is -0.0579. The van der Waals surface area contributed by atoms with Gasteiger partial charge in [-0.25, -0.2) is 0 Å². The maximum atomic E-state index is 4.96. The van der Waals surface area contributed by atoms with Gasteiger partial charge in [0, 0.05) is 11.6 Å². The Balaban J connectivity index is 1.90. The molecule has 3 saturated carbocycles. The van der Waals surface area contributed by atoms with E-state index in [2.05, 4.69) is 13.1 Å². The predicted octanol–water partition coefficient (Wildman–Crippen LogP) is 3.44. The van der Waals surface area contributed by atoms with Crippen LogP contribution in [0.3, 0.4) is 0 Å². The van der Waals surface area contributed by atoms with E-state index in [4.69, 9.17) is 4.99 Å². The van der Waals surface area contributed by atoms with Crippen LogP contribution >= 0.6 is 0 Å². The Hall–Kier alpha value is -0.330. The summed E-state index contributed by atoms with van der Waals surface area (Å²) in [6.45, 7) is 2.49. The van der Waals surface area contributed by atoms with Gasteiger partial charge >= 0.3 is 0 Å². The first-order valence-electron chi connectivity index (χ1n) is 6.79. The van der Waals surface area contributed by atoms with Gasteiger partial charge in [0.15, 0.2) is 0 Å². The summed E-state index contributed by atoms with van der Waals surface area (Å²) in [5.41, 5.74) is 1.15. The summed E-state index contributed by atoms with van der Waals surface area (Å²) in [4.78, 5) is 4.96. The van der Waals surface area contributed by atoms with E-state index in [9.17, 15) is 0 Å². The number of hydrogen-bond acceptors (Lipinski definition) is 1. The standard InChI is InChI=1S/C14H21N/c1-13-8-10-4-2-6-14(12(10)15-9-13)7-3-5-11(13)14/h9-12H,2-8H2,1H3/t10-,11-,12+,13+,14-/m0/s1. The summed E-state index contributed by atoms with van der Waals surface area (Å²) in [6.07, 6.45) is 12.7. The fourth-order valence-corrected chi connectivity index (χ4v) is 5.79. The van der Waals surface area contributed by atoms with Gasteiger partial charge in [-0.1, -0.05) is 19.8 Å². The highest BCUT2D eigenvalue weighted by atomic mass is 14.9. The van der Waals surface area contributed by atoms with E-state index in [1.807, 2.05) is 0 Å². The molecule has 1 spiro atoms. The van der Waals surface area contributed by atoms with Crippen LogP contribution in [0, 0.1) is 22.7 Å². The van der Waals surface area contributed by atoms with Crippen LogP contribution in [0.5, 0.6) is 0 Å². The van der Waals surface area contributed by atoms with Gasteiger partial charge in [0.25, 0.3) is 0 Å². The molecule has 3 fully saturated rings. The van der Waals surface area contributed by atoms with Crippen molar-refractivity contribution in [3.63, 3.8) is 0 Å². The first-order valence-corrected chi connectivity index (χ1v) is 6.79.